The second kappa shape index (κ2) is 46.4. The summed E-state index contributed by atoms with van der Waals surface area (Å²) in [7, 11) is -4.64. The van der Waals surface area contributed by atoms with Crippen molar-refractivity contribution >= 4 is 19.8 Å². The van der Waals surface area contributed by atoms with Gasteiger partial charge in [-0.1, -0.05) is 212 Å². The molecule has 0 aromatic heterocycles. The van der Waals surface area contributed by atoms with Gasteiger partial charge in [0.05, 0.1) is 26.4 Å². The monoisotopic (exact) mass is 887 g/mol. The topological polar surface area (TPSA) is 149 Å². The minimum atomic E-state index is -4.64. The van der Waals surface area contributed by atoms with E-state index < -0.39 is 58.4 Å². The Morgan fingerprint density at radius 3 is 1.05 bits per heavy atom. The molecule has 0 rings (SSSR count). The first-order valence-electron chi connectivity index (χ1n) is 25.3. The summed E-state index contributed by atoms with van der Waals surface area (Å²) in [6.45, 7) is 2.22. The number of carbonyl (C=O) groups excluding carboxylic acids is 2. The summed E-state index contributed by atoms with van der Waals surface area (Å²) in [6.07, 6.45) is 48.6. The van der Waals surface area contributed by atoms with Gasteiger partial charge in [-0.15, -0.1) is 0 Å². The summed E-state index contributed by atoms with van der Waals surface area (Å²) >= 11 is 0. The Morgan fingerprint density at radius 1 is 0.443 bits per heavy atom. The van der Waals surface area contributed by atoms with Crippen LogP contribution >= 0.6 is 7.82 Å². The lowest BCUT2D eigenvalue weighted by Gasteiger charge is -2.20. The highest BCUT2D eigenvalue weighted by Crippen LogP contribution is 2.43. The maximum absolute atomic E-state index is 12.4. The van der Waals surface area contributed by atoms with Crippen LogP contribution in [0.15, 0.2) is 24.3 Å². The van der Waals surface area contributed by atoms with Crippen LogP contribution in [0, 0.1) is 0 Å². The molecule has 360 valence electrons. The van der Waals surface area contributed by atoms with E-state index in [0.717, 1.165) is 51.4 Å². The molecule has 11 heteroatoms. The number of ether oxygens (including phenoxy) is 2. The molecule has 0 aromatic rings. The third-order valence-electron chi connectivity index (χ3n) is 11.2. The molecule has 3 atom stereocenters. The average molecular weight is 887 g/mol. The van der Waals surface area contributed by atoms with Crippen molar-refractivity contribution < 1.29 is 47.8 Å². The Bertz CT molecular complexity index is 1070. The van der Waals surface area contributed by atoms with E-state index in [1.54, 1.807) is 0 Å². The number of hydrogen-bond acceptors (Lipinski definition) is 9. The van der Waals surface area contributed by atoms with Crippen molar-refractivity contribution in [3.8, 4) is 0 Å². The fourth-order valence-corrected chi connectivity index (χ4v) is 8.05. The van der Waals surface area contributed by atoms with Crippen LogP contribution in [0.1, 0.15) is 245 Å². The minimum absolute atomic E-state index is 0.185. The second-order valence-corrected chi connectivity index (χ2v) is 18.6. The van der Waals surface area contributed by atoms with E-state index in [1.807, 2.05) is 0 Å². The molecule has 61 heavy (non-hydrogen) atoms. The highest BCUT2D eigenvalue weighted by atomic mass is 31.2. The number of aliphatic hydroxyl groups excluding tert-OH is 2. The molecule has 0 saturated heterocycles. The first-order chi connectivity index (χ1) is 29.8. The molecular weight excluding hydrogens is 792 g/mol. The molecular formula is C50H95O10P. The first kappa shape index (κ1) is 59.5. The van der Waals surface area contributed by atoms with Crippen LogP contribution in [-0.4, -0.2) is 65.7 Å². The van der Waals surface area contributed by atoms with E-state index >= 15 is 0 Å². The highest BCUT2D eigenvalue weighted by Gasteiger charge is 2.27. The van der Waals surface area contributed by atoms with Crippen molar-refractivity contribution in [3.05, 3.63) is 24.3 Å². The number of aliphatic hydroxyl groups is 2. The molecule has 10 nitrogen and oxygen atoms in total. The Morgan fingerprint density at radius 2 is 0.721 bits per heavy atom. The Labute approximate surface area is 374 Å². The van der Waals surface area contributed by atoms with Crippen LogP contribution in [-0.2, 0) is 32.7 Å². The van der Waals surface area contributed by atoms with Gasteiger partial charge < -0.3 is 24.6 Å². The first-order valence-corrected chi connectivity index (χ1v) is 26.8. The van der Waals surface area contributed by atoms with Crippen molar-refractivity contribution in [1.82, 2.24) is 0 Å². The number of allylic oxidation sites excluding steroid dienone is 4. The van der Waals surface area contributed by atoms with Crippen molar-refractivity contribution in [2.75, 3.05) is 26.4 Å². The number of hydrogen-bond donors (Lipinski definition) is 3. The molecule has 3 N–H and O–H groups in total. The Hall–Kier alpha value is -1.55. The zero-order valence-corrected chi connectivity index (χ0v) is 40.3. The predicted molar refractivity (Wildman–Crippen MR) is 252 cm³/mol. The maximum atomic E-state index is 12.4. The predicted octanol–water partition coefficient (Wildman–Crippen LogP) is 14.1. The van der Waals surface area contributed by atoms with Gasteiger partial charge in [-0.3, -0.25) is 18.6 Å². The minimum Gasteiger partial charge on any atom is -0.457 e. The van der Waals surface area contributed by atoms with Crippen LogP contribution in [0.5, 0.6) is 0 Å². The molecule has 0 aliphatic heterocycles. The molecule has 0 saturated carbocycles. The second-order valence-electron chi connectivity index (χ2n) is 17.2. The summed E-state index contributed by atoms with van der Waals surface area (Å²) in [6, 6.07) is 0. The molecule has 0 aliphatic rings. The molecule has 0 amide bonds. The van der Waals surface area contributed by atoms with E-state index in [4.69, 9.17) is 18.5 Å². The number of esters is 2. The highest BCUT2D eigenvalue weighted by molar-refractivity contribution is 7.47. The molecule has 3 unspecified atom stereocenters. The smallest absolute Gasteiger partial charge is 0.457 e. The lowest BCUT2D eigenvalue weighted by Crippen LogP contribution is -2.28. The SMILES string of the molecule is CCCCC/C=C\C/C=C\CCCCCCCCCC(=O)OC(CO)COP(=O)(O)OCC(CO)OC(=O)CCCCCCCCCCCCCCCCCCCCCCC. The van der Waals surface area contributed by atoms with Crippen molar-refractivity contribution in [2.24, 2.45) is 0 Å². The van der Waals surface area contributed by atoms with Crippen LogP contribution in [0.25, 0.3) is 0 Å². The third-order valence-corrected chi connectivity index (χ3v) is 12.1. The van der Waals surface area contributed by atoms with E-state index in [-0.39, 0.29) is 12.8 Å². The van der Waals surface area contributed by atoms with Gasteiger partial charge in [0.25, 0.3) is 0 Å². The van der Waals surface area contributed by atoms with Gasteiger partial charge in [0.15, 0.2) is 0 Å². The fourth-order valence-electron chi connectivity index (χ4n) is 7.27. The molecule has 0 fully saturated rings. The van der Waals surface area contributed by atoms with Gasteiger partial charge in [-0.05, 0) is 44.9 Å². The summed E-state index contributed by atoms with van der Waals surface area (Å²) in [5, 5.41) is 19.2. The zero-order chi connectivity index (χ0) is 44.8. The largest absolute Gasteiger partial charge is 0.472 e. The lowest BCUT2D eigenvalue weighted by molar-refractivity contribution is -0.153. The zero-order valence-electron chi connectivity index (χ0n) is 39.4. The number of phosphoric acid groups is 1. The molecule has 0 spiro atoms. The lowest BCUT2D eigenvalue weighted by atomic mass is 10.0. The normalized spacial score (nSPS) is 13.9. The molecule has 0 heterocycles. The summed E-state index contributed by atoms with van der Waals surface area (Å²) in [5.41, 5.74) is 0. The van der Waals surface area contributed by atoms with Crippen molar-refractivity contribution in [2.45, 2.75) is 257 Å². The van der Waals surface area contributed by atoms with Gasteiger partial charge >= 0.3 is 19.8 Å². The third kappa shape index (κ3) is 44.8. The summed E-state index contributed by atoms with van der Waals surface area (Å²) in [5.74, 6) is -1.02. The maximum Gasteiger partial charge on any atom is 0.472 e. The van der Waals surface area contributed by atoms with E-state index in [9.17, 15) is 29.3 Å². The molecule has 0 bridgehead atoms. The Kier molecular flexibility index (Phi) is 45.3. The molecule has 0 aliphatic carbocycles. The van der Waals surface area contributed by atoms with E-state index in [0.29, 0.717) is 12.8 Å². The fraction of sp³-hybridized carbons (Fsp3) is 0.880. The summed E-state index contributed by atoms with van der Waals surface area (Å²) < 4.78 is 32.7. The van der Waals surface area contributed by atoms with Gasteiger partial charge in [0.1, 0.15) is 12.2 Å². The quantitative estimate of drug-likeness (QED) is 0.0233. The Balaban J connectivity index is 3.82. The molecule has 0 radical (unpaired) electrons. The number of unbranched alkanes of at least 4 members (excludes halogenated alkanes) is 30. The van der Waals surface area contributed by atoms with Gasteiger partial charge in [-0.25, -0.2) is 4.57 Å². The van der Waals surface area contributed by atoms with Crippen LogP contribution in [0.4, 0.5) is 0 Å². The average Bonchev–Trinajstić information content (AvgIpc) is 3.25. The van der Waals surface area contributed by atoms with Crippen LogP contribution in [0.3, 0.4) is 0 Å². The van der Waals surface area contributed by atoms with Gasteiger partial charge in [0.2, 0.25) is 0 Å². The standard InChI is InChI=1S/C50H95O10P/c1-3-5-7-9-11-13-15-17-19-21-22-23-24-26-28-30-32-34-36-38-40-42-50(54)60-48(44-52)46-58-61(55,56)57-45-47(43-51)59-49(53)41-39-37-35-33-31-29-27-25-20-18-16-14-12-10-8-6-4-2/h12,14,18,20,47-48,51-52H,3-11,13,15-17,19,21-46H2,1-2H3,(H,55,56)/b14-12-,20-18-. The van der Waals surface area contributed by atoms with Gasteiger partial charge in [0, 0.05) is 12.8 Å². The number of rotatable bonds is 48. The molecule has 0 aromatic carbocycles. The van der Waals surface area contributed by atoms with E-state index in [1.165, 1.54) is 154 Å². The summed E-state index contributed by atoms with van der Waals surface area (Å²) in [4.78, 5) is 34.7. The van der Waals surface area contributed by atoms with Crippen LogP contribution in [0.2, 0.25) is 0 Å². The van der Waals surface area contributed by atoms with Gasteiger partial charge in [-0.2, -0.15) is 0 Å². The number of phosphoric ester groups is 1. The van der Waals surface area contributed by atoms with Crippen molar-refractivity contribution in [1.29, 1.82) is 0 Å². The number of carbonyl (C=O) groups is 2. The van der Waals surface area contributed by atoms with Crippen molar-refractivity contribution in [3.63, 3.8) is 0 Å². The van der Waals surface area contributed by atoms with Crippen LogP contribution < -0.4 is 0 Å². The van der Waals surface area contributed by atoms with E-state index in [2.05, 4.69) is 38.2 Å².